The fourth-order valence-corrected chi connectivity index (χ4v) is 4.38. The van der Waals surface area contributed by atoms with E-state index in [1.807, 2.05) is 36.4 Å². The molecule has 3 aromatic rings. The molecule has 1 amide bonds. The van der Waals surface area contributed by atoms with E-state index in [1.165, 1.54) is 19.6 Å². The Morgan fingerprint density at radius 3 is 2.54 bits per heavy atom. The number of amides is 1. The van der Waals surface area contributed by atoms with Crippen molar-refractivity contribution in [3.63, 3.8) is 0 Å². The molecule has 0 radical (unpaired) electrons. The summed E-state index contributed by atoms with van der Waals surface area (Å²) in [6, 6.07) is 17.5. The second-order valence-electron chi connectivity index (χ2n) is 7.27. The molecule has 2 heterocycles. The van der Waals surface area contributed by atoms with Gasteiger partial charge in [-0.05, 0) is 30.0 Å². The summed E-state index contributed by atoms with van der Waals surface area (Å²) >= 11 is 0. The van der Waals surface area contributed by atoms with Crippen molar-refractivity contribution in [3.05, 3.63) is 71.4 Å². The van der Waals surface area contributed by atoms with Crippen LogP contribution in [0.5, 0.6) is 0 Å². The van der Waals surface area contributed by atoms with Crippen molar-refractivity contribution in [3.8, 4) is 0 Å². The normalized spacial score (nSPS) is 18.7. The third kappa shape index (κ3) is 3.17. The fraction of sp³-hybridized carbons (Fsp3) is 0.304. The molecule has 0 unspecified atom stereocenters. The number of carbonyl (C=O) groups excluding carboxylic acids is 2. The molecule has 1 aliphatic rings. The molecule has 0 saturated heterocycles. The molecular formula is C23H24N2O3. The number of hydrogen-bond donors (Lipinski definition) is 1. The second kappa shape index (κ2) is 7.50. The second-order valence-corrected chi connectivity index (χ2v) is 7.27. The lowest BCUT2D eigenvalue weighted by Crippen LogP contribution is -2.51. The predicted molar refractivity (Wildman–Crippen MR) is 108 cm³/mol. The number of aromatic amines is 1. The van der Waals surface area contributed by atoms with Crippen molar-refractivity contribution in [2.24, 2.45) is 0 Å². The first-order chi connectivity index (χ1) is 13.6. The Labute approximate surface area is 164 Å². The lowest BCUT2D eigenvalue weighted by Gasteiger charge is -2.40. The zero-order valence-corrected chi connectivity index (χ0v) is 16.1. The van der Waals surface area contributed by atoms with E-state index in [4.69, 9.17) is 4.74 Å². The first kappa shape index (κ1) is 18.3. The number of benzene rings is 2. The van der Waals surface area contributed by atoms with Crippen LogP contribution in [0.2, 0.25) is 0 Å². The molecule has 0 saturated carbocycles. The minimum Gasteiger partial charge on any atom is -0.467 e. The maximum Gasteiger partial charge on any atom is 0.328 e. The van der Waals surface area contributed by atoms with Crippen molar-refractivity contribution in [1.82, 2.24) is 9.88 Å². The van der Waals surface area contributed by atoms with Gasteiger partial charge in [0.15, 0.2) is 0 Å². The van der Waals surface area contributed by atoms with E-state index in [-0.39, 0.29) is 17.9 Å². The number of fused-ring (bicyclic) bond motifs is 3. The van der Waals surface area contributed by atoms with Crippen molar-refractivity contribution < 1.29 is 14.3 Å². The zero-order valence-electron chi connectivity index (χ0n) is 16.1. The quantitative estimate of drug-likeness (QED) is 0.705. The van der Waals surface area contributed by atoms with Crippen LogP contribution in [0, 0.1) is 0 Å². The zero-order chi connectivity index (χ0) is 19.7. The van der Waals surface area contributed by atoms with Crippen molar-refractivity contribution in [2.75, 3.05) is 7.11 Å². The van der Waals surface area contributed by atoms with Crippen molar-refractivity contribution in [1.29, 1.82) is 0 Å². The molecule has 1 aromatic heterocycles. The first-order valence-electron chi connectivity index (χ1n) is 9.60. The van der Waals surface area contributed by atoms with Gasteiger partial charge in [0.25, 0.3) is 0 Å². The van der Waals surface area contributed by atoms with Gasteiger partial charge in [-0.3, -0.25) is 4.79 Å². The summed E-state index contributed by atoms with van der Waals surface area (Å²) in [4.78, 5) is 30.3. The van der Waals surface area contributed by atoms with Gasteiger partial charge >= 0.3 is 5.97 Å². The molecule has 2 atom stereocenters. The van der Waals surface area contributed by atoms with E-state index in [0.29, 0.717) is 6.42 Å². The smallest absolute Gasteiger partial charge is 0.328 e. The molecule has 0 spiro atoms. The highest BCUT2D eigenvalue weighted by atomic mass is 16.5. The summed E-state index contributed by atoms with van der Waals surface area (Å²) in [6.07, 6.45) is 2.02. The van der Waals surface area contributed by atoms with Gasteiger partial charge in [0.05, 0.1) is 13.2 Å². The molecule has 144 valence electrons. The van der Waals surface area contributed by atoms with Gasteiger partial charge in [0.2, 0.25) is 5.91 Å². The maximum atomic E-state index is 12.6. The fourth-order valence-electron chi connectivity index (χ4n) is 4.38. The van der Waals surface area contributed by atoms with Crippen LogP contribution in [-0.2, 0) is 27.2 Å². The van der Waals surface area contributed by atoms with Gasteiger partial charge in [0.1, 0.15) is 6.04 Å². The molecular weight excluding hydrogens is 352 g/mol. The van der Waals surface area contributed by atoms with Gasteiger partial charge in [-0.15, -0.1) is 0 Å². The van der Waals surface area contributed by atoms with Crippen LogP contribution in [0.3, 0.4) is 0 Å². The Morgan fingerprint density at radius 2 is 1.82 bits per heavy atom. The Morgan fingerprint density at radius 1 is 1.11 bits per heavy atom. The minimum absolute atomic E-state index is 0.113. The van der Waals surface area contributed by atoms with Gasteiger partial charge in [-0.1, -0.05) is 48.5 Å². The summed E-state index contributed by atoms with van der Waals surface area (Å²) in [5, 5.41) is 1.11. The molecule has 1 aliphatic heterocycles. The number of aryl methyl sites for hydroxylation is 1. The Balaban J connectivity index is 1.79. The van der Waals surface area contributed by atoms with Gasteiger partial charge < -0.3 is 14.6 Å². The molecule has 5 heteroatoms. The minimum atomic E-state index is -0.602. The SMILES string of the molecule is COC(=O)[C@H]1Cc2c([nH]c3ccccc23)[C@@H](CCc2ccccc2)N1C(C)=O. The van der Waals surface area contributed by atoms with E-state index < -0.39 is 6.04 Å². The first-order valence-corrected chi connectivity index (χ1v) is 9.60. The highest BCUT2D eigenvalue weighted by Crippen LogP contribution is 2.39. The molecule has 5 nitrogen and oxygen atoms in total. The maximum absolute atomic E-state index is 12.6. The van der Waals surface area contributed by atoms with Crippen molar-refractivity contribution >= 4 is 22.8 Å². The summed E-state index contributed by atoms with van der Waals surface area (Å²) in [5.41, 5.74) is 4.39. The monoisotopic (exact) mass is 376 g/mol. The number of ether oxygens (including phenoxy) is 1. The molecule has 28 heavy (non-hydrogen) atoms. The highest BCUT2D eigenvalue weighted by molar-refractivity contribution is 5.89. The lowest BCUT2D eigenvalue weighted by atomic mass is 9.88. The van der Waals surface area contributed by atoms with Crippen LogP contribution in [0.1, 0.15) is 36.2 Å². The Bertz CT molecular complexity index is 1010. The average Bonchev–Trinajstić information content (AvgIpc) is 3.10. The van der Waals surface area contributed by atoms with Crippen LogP contribution < -0.4 is 0 Å². The number of esters is 1. The molecule has 0 bridgehead atoms. The number of hydrogen-bond acceptors (Lipinski definition) is 3. The van der Waals surface area contributed by atoms with Gasteiger partial charge in [-0.2, -0.15) is 0 Å². The van der Waals surface area contributed by atoms with Crippen LogP contribution >= 0.6 is 0 Å². The van der Waals surface area contributed by atoms with E-state index >= 15 is 0 Å². The summed E-state index contributed by atoms with van der Waals surface area (Å²) in [6.45, 7) is 1.53. The van der Waals surface area contributed by atoms with E-state index in [2.05, 4.69) is 23.2 Å². The van der Waals surface area contributed by atoms with Gasteiger partial charge in [-0.25, -0.2) is 4.79 Å². The molecule has 2 aromatic carbocycles. The lowest BCUT2D eigenvalue weighted by molar-refractivity contribution is -0.155. The number of nitrogens with one attached hydrogen (secondary N) is 1. The number of carbonyl (C=O) groups is 2. The Kier molecular flexibility index (Phi) is 4.90. The van der Waals surface area contributed by atoms with E-state index in [9.17, 15) is 9.59 Å². The van der Waals surface area contributed by atoms with Crippen LogP contribution in [0.4, 0.5) is 0 Å². The topological polar surface area (TPSA) is 62.4 Å². The van der Waals surface area contributed by atoms with Crippen LogP contribution in [0.25, 0.3) is 10.9 Å². The van der Waals surface area contributed by atoms with Crippen LogP contribution in [-0.4, -0.2) is 34.9 Å². The van der Waals surface area contributed by atoms with Crippen molar-refractivity contribution in [2.45, 2.75) is 38.3 Å². The summed E-state index contributed by atoms with van der Waals surface area (Å²) < 4.78 is 5.04. The number of methoxy groups -OCH3 is 1. The van der Waals surface area contributed by atoms with E-state index in [1.54, 1.807) is 4.90 Å². The third-order valence-corrected chi connectivity index (χ3v) is 5.64. The van der Waals surface area contributed by atoms with Crippen LogP contribution in [0.15, 0.2) is 54.6 Å². The number of para-hydroxylation sites is 1. The third-order valence-electron chi connectivity index (χ3n) is 5.64. The largest absolute Gasteiger partial charge is 0.467 e. The molecule has 0 aliphatic carbocycles. The van der Waals surface area contributed by atoms with Gasteiger partial charge in [0, 0.05) is 29.9 Å². The average molecular weight is 376 g/mol. The van der Waals surface area contributed by atoms with E-state index in [0.717, 1.165) is 35.0 Å². The highest BCUT2D eigenvalue weighted by Gasteiger charge is 2.41. The number of aromatic nitrogens is 1. The number of H-pyrrole nitrogens is 1. The molecule has 0 fully saturated rings. The standard InChI is InChI=1S/C23H24N2O3/c1-15(26)25-20(13-12-16-8-4-3-5-9-16)22-18(14-21(25)23(27)28-2)17-10-6-7-11-19(17)24-22/h3-11,20-21,24H,12-14H2,1-2H3/t20-,21-/m1/s1. The predicted octanol–water partition coefficient (Wildman–Crippen LogP) is 3.79. The Hall–Kier alpha value is -3.08. The summed E-state index contributed by atoms with van der Waals surface area (Å²) in [5.74, 6) is -0.478. The summed E-state index contributed by atoms with van der Waals surface area (Å²) in [7, 11) is 1.38. The molecule has 1 N–H and O–H groups in total. The number of rotatable bonds is 4. The molecule has 4 rings (SSSR count). The number of nitrogens with zero attached hydrogens (tertiary/aromatic N) is 1.